The summed E-state index contributed by atoms with van der Waals surface area (Å²) in [5, 5.41) is 0.242. The van der Waals surface area contributed by atoms with Crippen LogP contribution in [-0.4, -0.2) is 11.6 Å². The molecule has 0 bridgehead atoms. The zero-order valence-corrected chi connectivity index (χ0v) is 19.1. The fraction of sp³-hybridized carbons (Fsp3) is 0.231. The van der Waals surface area contributed by atoms with Crippen molar-refractivity contribution in [2.45, 2.75) is 41.5 Å². The first-order valence-electron chi connectivity index (χ1n) is 9.87. The van der Waals surface area contributed by atoms with Crippen LogP contribution in [0.15, 0.2) is 42.5 Å². The van der Waals surface area contributed by atoms with Crippen LogP contribution in [0.4, 0.5) is 0 Å². The Bertz CT molecular complexity index is 1070. The van der Waals surface area contributed by atoms with Gasteiger partial charge < -0.3 is 0 Å². The molecule has 30 heavy (non-hydrogen) atoms. The van der Waals surface area contributed by atoms with Crippen LogP contribution in [-0.2, 0) is 4.57 Å². The van der Waals surface area contributed by atoms with Gasteiger partial charge in [0.2, 0.25) is 0 Å². The van der Waals surface area contributed by atoms with Crippen molar-refractivity contribution in [3.63, 3.8) is 0 Å². The zero-order valence-electron chi connectivity index (χ0n) is 18.2. The number of benzene rings is 3. The smallest absolute Gasteiger partial charge is 0.194 e. The van der Waals surface area contributed by atoms with Crippen molar-refractivity contribution in [3.05, 3.63) is 98.1 Å². The molecule has 3 aromatic rings. The second-order valence-electron chi connectivity index (χ2n) is 8.00. The number of carbonyl (C=O) groups is 2. The molecule has 3 rings (SSSR count). The summed E-state index contributed by atoms with van der Waals surface area (Å²) < 4.78 is 12.2. The predicted octanol–water partition coefficient (Wildman–Crippen LogP) is 5.92. The number of carbonyl (C=O) groups excluding carboxylic acids is 2. The minimum atomic E-state index is -0.350. The van der Waals surface area contributed by atoms with Gasteiger partial charge in [0, 0.05) is 22.3 Å². The summed E-state index contributed by atoms with van der Waals surface area (Å²) in [6, 6.07) is 12.8. The molecule has 0 unspecified atom stereocenters. The molecular formula is C26H25O3P. The van der Waals surface area contributed by atoms with Crippen molar-refractivity contribution >= 4 is 25.3 Å². The highest BCUT2D eigenvalue weighted by Crippen LogP contribution is 2.24. The van der Waals surface area contributed by atoms with Gasteiger partial charge in [-0.25, -0.2) is 0 Å². The van der Waals surface area contributed by atoms with Gasteiger partial charge in [-0.15, -0.1) is 0 Å². The lowest BCUT2D eigenvalue weighted by atomic mass is 9.89. The number of hydrogen-bond acceptors (Lipinski definition) is 3. The third-order valence-corrected chi connectivity index (χ3v) is 6.09. The van der Waals surface area contributed by atoms with Gasteiger partial charge >= 0.3 is 0 Å². The quantitative estimate of drug-likeness (QED) is 0.383. The van der Waals surface area contributed by atoms with Crippen LogP contribution in [0, 0.1) is 41.5 Å². The SMILES string of the molecule is Cc1cc(C)c(C(=O)c2cccc(C(=O)c3c(C)cc(C)cc3C)c2P=O)c(C)c1. The zero-order chi connectivity index (χ0) is 22.2. The second kappa shape index (κ2) is 8.45. The van der Waals surface area contributed by atoms with Gasteiger partial charge in [0.15, 0.2) is 20.0 Å². The number of ketones is 2. The molecule has 0 aliphatic carbocycles. The van der Waals surface area contributed by atoms with E-state index < -0.39 is 0 Å². The lowest BCUT2D eigenvalue weighted by Gasteiger charge is -2.15. The van der Waals surface area contributed by atoms with Crippen LogP contribution in [0.25, 0.3) is 0 Å². The topological polar surface area (TPSA) is 51.2 Å². The van der Waals surface area contributed by atoms with E-state index in [1.54, 1.807) is 18.2 Å². The van der Waals surface area contributed by atoms with Gasteiger partial charge in [-0.2, -0.15) is 0 Å². The van der Waals surface area contributed by atoms with Gasteiger partial charge in [0.25, 0.3) is 0 Å². The first-order chi connectivity index (χ1) is 14.1. The van der Waals surface area contributed by atoms with E-state index in [0.29, 0.717) is 22.3 Å². The van der Waals surface area contributed by atoms with Gasteiger partial charge in [0.1, 0.15) is 0 Å². The highest BCUT2D eigenvalue weighted by molar-refractivity contribution is 7.34. The normalized spacial score (nSPS) is 11.0. The van der Waals surface area contributed by atoms with Crippen molar-refractivity contribution in [1.29, 1.82) is 0 Å². The van der Waals surface area contributed by atoms with E-state index in [2.05, 4.69) is 0 Å². The first kappa shape index (κ1) is 21.8. The molecule has 0 amide bonds. The Morgan fingerprint density at radius 1 is 0.633 bits per heavy atom. The largest absolute Gasteiger partial charge is 0.289 e. The van der Waals surface area contributed by atoms with Crippen LogP contribution in [0.3, 0.4) is 0 Å². The van der Waals surface area contributed by atoms with E-state index in [9.17, 15) is 14.2 Å². The maximum atomic E-state index is 13.4. The number of aryl methyl sites for hydroxylation is 6. The molecular weight excluding hydrogens is 391 g/mol. The van der Waals surface area contributed by atoms with Gasteiger partial charge in [-0.05, 0) is 75.9 Å². The van der Waals surface area contributed by atoms with E-state index in [0.717, 1.165) is 33.4 Å². The molecule has 0 saturated carbocycles. The van der Waals surface area contributed by atoms with Crippen molar-refractivity contribution in [3.8, 4) is 0 Å². The summed E-state index contributed by atoms with van der Waals surface area (Å²) >= 11 is 0. The minimum absolute atomic E-state index is 0.213. The Labute approximate surface area is 179 Å². The fourth-order valence-electron chi connectivity index (χ4n) is 4.35. The van der Waals surface area contributed by atoms with Crippen LogP contribution in [0.5, 0.6) is 0 Å². The maximum absolute atomic E-state index is 13.4. The van der Waals surface area contributed by atoms with Crippen molar-refractivity contribution in [1.82, 2.24) is 0 Å². The monoisotopic (exact) mass is 416 g/mol. The fourth-order valence-corrected chi connectivity index (χ4v) is 4.90. The lowest BCUT2D eigenvalue weighted by Crippen LogP contribution is -2.21. The molecule has 0 N–H and O–H groups in total. The van der Waals surface area contributed by atoms with Crippen LogP contribution in [0.1, 0.15) is 65.2 Å². The molecule has 0 heterocycles. The van der Waals surface area contributed by atoms with Gasteiger partial charge in [0.05, 0.1) is 5.30 Å². The molecule has 3 aromatic carbocycles. The molecule has 0 aliphatic heterocycles. The van der Waals surface area contributed by atoms with Crippen LogP contribution < -0.4 is 5.30 Å². The standard InChI is InChI=1S/C26H25O3P/c1-14-10-16(3)22(17(4)11-14)24(27)20-8-7-9-21(26(20)30-29)25(28)23-18(5)12-15(2)13-19(23)6/h7-13H,1-6H3. The molecule has 0 spiro atoms. The number of hydrogen-bond donors (Lipinski definition) is 0. The summed E-state index contributed by atoms with van der Waals surface area (Å²) in [5.74, 6) is -0.425. The van der Waals surface area contributed by atoms with Gasteiger partial charge in [-0.1, -0.05) is 41.5 Å². The van der Waals surface area contributed by atoms with E-state index in [1.165, 1.54) is 0 Å². The van der Waals surface area contributed by atoms with E-state index in [1.807, 2.05) is 65.8 Å². The summed E-state index contributed by atoms with van der Waals surface area (Å²) in [5.41, 5.74) is 7.43. The predicted molar refractivity (Wildman–Crippen MR) is 122 cm³/mol. The molecule has 3 nitrogen and oxygen atoms in total. The van der Waals surface area contributed by atoms with E-state index >= 15 is 0 Å². The molecule has 0 aromatic heterocycles. The summed E-state index contributed by atoms with van der Waals surface area (Å²) in [4.78, 5) is 26.8. The maximum Gasteiger partial charge on any atom is 0.194 e. The Balaban J connectivity index is 2.18. The summed E-state index contributed by atoms with van der Waals surface area (Å²) in [7, 11) is -0.350. The highest BCUT2D eigenvalue weighted by atomic mass is 31.1. The molecule has 152 valence electrons. The van der Waals surface area contributed by atoms with Crippen molar-refractivity contribution in [2.75, 3.05) is 0 Å². The molecule has 0 atom stereocenters. The Hall–Kier alpha value is -2.90. The van der Waals surface area contributed by atoms with Crippen LogP contribution >= 0.6 is 8.46 Å². The lowest BCUT2D eigenvalue weighted by molar-refractivity contribution is 0.103. The third-order valence-electron chi connectivity index (χ3n) is 5.42. The van der Waals surface area contributed by atoms with Crippen molar-refractivity contribution in [2.24, 2.45) is 0 Å². The first-order valence-corrected chi connectivity index (χ1v) is 10.7. The Morgan fingerprint density at radius 3 is 1.27 bits per heavy atom. The molecule has 0 radical (unpaired) electrons. The molecule has 0 saturated heterocycles. The average Bonchev–Trinajstić information content (AvgIpc) is 2.65. The van der Waals surface area contributed by atoms with Gasteiger partial charge in [-0.3, -0.25) is 14.2 Å². The molecule has 0 fully saturated rings. The molecule has 0 aliphatic rings. The second-order valence-corrected chi connectivity index (χ2v) is 8.63. The van der Waals surface area contributed by atoms with Crippen molar-refractivity contribution < 1.29 is 14.2 Å². The highest BCUT2D eigenvalue weighted by Gasteiger charge is 2.24. The Kier molecular flexibility index (Phi) is 6.14. The summed E-state index contributed by atoms with van der Waals surface area (Å²) in [6.07, 6.45) is 0. The molecule has 4 heteroatoms. The van der Waals surface area contributed by atoms with E-state index in [-0.39, 0.29) is 25.3 Å². The Morgan fingerprint density at radius 2 is 0.967 bits per heavy atom. The third kappa shape index (κ3) is 3.91. The average molecular weight is 416 g/mol. The number of rotatable bonds is 5. The van der Waals surface area contributed by atoms with Crippen LogP contribution in [0.2, 0.25) is 0 Å². The van der Waals surface area contributed by atoms with E-state index in [4.69, 9.17) is 0 Å². The minimum Gasteiger partial charge on any atom is -0.289 e. The summed E-state index contributed by atoms with van der Waals surface area (Å²) in [6.45, 7) is 11.6.